The first kappa shape index (κ1) is 20.2. The summed E-state index contributed by atoms with van der Waals surface area (Å²) in [5, 5.41) is 0.978. The first-order chi connectivity index (χ1) is 14.1. The van der Waals surface area contributed by atoms with Gasteiger partial charge in [0.05, 0.1) is 11.4 Å². The van der Waals surface area contributed by atoms with E-state index in [1.54, 1.807) is 4.90 Å². The van der Waals surface area contributed by atoms with Crippen molar-refractivity contribution >= 4 is 40.9 Å². The van der Waals surface area contributed by atoms with Crippen LogP contribution in [0.2, 0.25) is 0 Å². The third-order valence-corrected chi connectivity index (χ3v) is 10.4. The Morgan fingerprint density at radius 1 is 1.03 bits per heavy atom. The predicted octanol–water partition coefficient (Wildman–Crippen LogP) is 4.20. The van der Waals surface area contributed by atoms with Gasteiger partial charge in [0.2, 0.25) is 0 Å². The number of carbonyl (C=O) groups excluding carboxylic acids is 1. The van der Waals surface area contributed by atoms with Crippen molar-refractivity contribution in [1.29, 1.82) is 0 Å². The summed E-state index contributed by atoms with van der Waals surface area (Å²) < 4.78 is 15.8. The first-order valence-electron chi connectivity index (χ1n) is 10.0. The predicted molar refractivity (Wildman–Crippen MR) is 122 cm³/mol. The molecule has 8 heteroatoms. The fourth-order valence-electron chi connectivity index (χ4n) is 3.99. The van der Waals surface area contributed by atoms with Crippen molar-refractivity contribution in [1.82, 2.24) is 4.67 Å². The van der Waals surface area contributed by atoms with Crippen molar-refractivity contribution in [2.75, 3.05) is 42.4 Å². The Hall–Kier alpha value is -2.08. The summed E-state index contributed by atoms with van der Waals surface area (Å²) in [6.45, 7) is 9.24. The molecule has 2 aliphatic rings. The van der Waals surface area contributed by atoms with E-state index in [-0.39, 0.29) is 6.03 Å². The van der Waals surface area contributed by atoms with Gasteiger partial charge >= 0.3 is 6.03 Å². The number of benzene rings is 2. The minimum absolute atomic E-state index is 0.0851. The van der Waals surface area contributed by atoms with Crippen LogP contribution in [0.15, 0.2) is 42.5 Å². The molecule has 0 N–H and O–H groups in total. The highest BCUT2D eigenvalue weighted by atomic mass is 32.4. The zero-order valence-corrected chi connectivity index (χ0v) is 18.7. The molecule has 0 aromatic heterocycles. The highest BCUT2D eigenvalue weighted by Gasteiger charge is 2.46. The topological polar surface area (TPSA) is 45.3 Å². The van der Waals surface area contributed by atoms with Crippen molar-refractivity contribution in [2.24, 2.45) is 0 Å². The van der Waals surface area contributed by atoms with Crippen LogP contribution in [0.1, 0.15) is 20.8 Å². The van der Waals surface area contributed by atoms with Gasteiger partial charge in [0, 0.05) is 31.0 Å². The van der Waals surface area contributed by atoms with Crippen LogP contribution in [0, 0.1) is 0 Å². The summed E-state index contributed by atoms with van der Waals surface area (Å²) in [5.74, 6) is 1.38. The Labute approximate surface area is 177 Å². The van der Waals surface area contributed by atoms with E-state index in [4.69, 9.17) is 21.3 Å². The van der Waals surface area contributed by atoms with E-state index >= 15 is 0 Å². The summed E-state index contributed by atoms with van der Waals surface area (Å²) >= 11 is 6.43. The molecule has 2 aromatic carbocycles. The van der Waals surface area contributed by atoms with Crippen molar-refractivity contribution in [3.05, 3.63) is 42.5 Å². The molecule has 4 rings (SSSR count). The maximum atomic E-state index is 13.8. The maximum absolute atomic E-state index is 13.8. The molecule has 0 saturated heterocycles. The van der Waals surface area contributed by atoms with Crippen molar-refractivity contribution in [3.63, 3.8) is 0 Å². The standard InChI is InChI=1S/C21H26N3O3PS/c1-4-22(5-2)28(29)20-15-19-18(26-12-13-27-19)14-17(20)23(6-3)21(25)24(28)16-10-8-7-9-11-16/h7-11,14-15H,4-6,12-13H2,1-3H3. The Morgan fingerprint density at radius 3 is 2.24 bits per heavy atom. The fraction of sp³-hybridized carbons (Fsp3) is 0.381. The van der Waals surface area contributed by atoms with Gasteiger partial charge in [-0.1, -0.05) is 43.9 Å². The molecule has 29 heavy (non-hydrogen) atoms. The summed E-state index contributed by atoms with van der Waals surface area (Å²) in [4.78, 5) is 15.5. The molecule has 0 aliphatic carbocycles. The van der Waals surface area contributed by atoms with E-state index in [1.165, 1.54) is 0 Å². The van der Waals surface area contributed by atoms with Gasteiger partial charge in [0.1, 0.15) is 19.6 Å². The van der Waals surface area contributed by atoms with Crippen LogP contribution in [0.25, 0.3) is 0 Å². The number of para-hydroxylation sites is 1. The Morgan fingerprint density at radius 2 is 1.66 bits per heavy atom. The number of amides is 2. The molecule has 0 fully saturated rings. The van der Waals surface area contributed by atoms with E-state index in [9.17, 15) is 4.79 Å². The number of fused-ring (bicyclic) bond motifs is 2. The second-order valence-corrected chi connectivity index (χ2v) is 10.9. The van der Waals surface area contributed by atoms with Gasteiger partial charge in [-0.2, -0.15) is 0 Å². The highest BCUT2D eigenvalue weighted by Crippen LogP contribution is 2.60. The van der Waals surface area contributed by atoms with Gasteiger partial charge in [-0.25, -0.2) is 9.46 Å². The van der Waals surface area contributed by atoms with Crippen molar-refractivity contribution < 1.29 is 14.3 Å². The lowest BCUT2D eigenvalue weighted by Crippen LogP contribution is -2.53. The minimum Gasteiger partial charge on any atom is -0.486 e. The Kier molecular flexibility index (Phi) is 5.56. The van der Waals surface area contributed by atoms with Crippen LogP contribution in [0.5, 0.6) is 11.5 Å². The van der Waals surface area contributed by atoms with E-state index in [1.807, 2.05) is 54.1 Å². The van der Waals surface area contributed by atoms with Gasteiger partial charge in [-0.15, -0.1) is 0 Å². The van der Waals surface area contributed by atoms with Gasteiger partial charge in [-0.05, 0) is 25.1 Å². The molecule has 1 atom stereocenters. The quantitative estimate of drug-likeness (QED) is 0.664. The van der Waals surface area contributed by atoms with E-state index in [2.05, 4.69) is 18.5 Å². The number of ether oxygens (including phenoxy) is 2. The molecule has 0 saturated carbocycles. The molecule has 2 aliphatic heterocycles. The first-order valence-corrected chi connectivity index (χ1v) is 12.7. The van der Waals surface area contributed by atoms with Gasteiger partial charge < -0.3 is 9.47 Å². The molecule has 2 aromatic rings. The van der Waals surface area contributed by atoms with E-state index in [0.717, 1.165) is 29.8 Å². The summed E-state index contributed by atoms with van der Waals surface area (Å²) in [6.07, 6.45) is -2.63. The Balaban J connectivity index is 2.02. The third-order valence-electron chi connectivity index (χ3n) is 5.36. The molecule has 154 valence electrons. The molecule has 6 nitrogen and oxygen atoms in total. The molecule has 1 unspecified atom stereocenters. The lowest BCUT2D eigenvalue weighted by atomic mass is 10.2. The van der Waals surface area contributed by atoms with Gasteiger partial charge in [0.25, 0.3) is 0 Å². The third kappa shape index (κ3) is 3.12. The number of nitrogens with zero attached hydrogens (tertiary/aromatic N) is 3. The normalized spacial score (nSPS) is 20.8. The zero-order valence-electron chi connectivity index (χ0n) is 17.0. The number of carbonyl (C=O) groups is 1. The Bertz CT molecular complexity index is 965. The molecule has 0 bridgehead atoms. The molecule has 2 heterocycles. The van der Waals surface area contributed by atoms with Crippen LogP contribution >= 0.6 is 6.34 Å². The number of rotatable bonds is 5. The summed E-state index contributed by atoms with van der Waals surface area (Å²) in [6, 6.07) is 13.6. The maximum Gasteiger partial charge on any atom is 0.334 e. The molecular formula is C21H26N3O3PS. The number of hydrogen-bond donors (Lipinski definition) is 0. The lowest BCUT2D eigenvalue weighted by Gasteiger charge is -2.48. The summed E-state index contributed by atoms with van der Waals surface area (Å²) in [7, 11) is 0. The minimum atomic E-state index is -2.63. The molecule has 0 radical (unpaired) electrons. The second kappa shape index (κ2) is 7.98. The van der Waals surface area contributed by atoms with Crippen LogP contribution in [-0.4, -0.2) is 43.5 Å². The second-order valence-electron chi connectivity index (χ2n) is 6.84. The molecule has 2 amide bonds. The lowest BCUT2D eigenvalue weighted by molar-refractivity contribution is 0.172. The molecular weight excluding hydrogens is 405 g/mol. The van der Waals surface area contributed by atoms with E-state index < -0.39 is 6.34 Å². The smallest absolute Gasteiger partial charge is 0.334 e. The van der Waals surface area contributed by atoms with Crippen molar-refractivity contribution in [3.8, 4) is 11.5 Å². The van der Waals surface area contributed by atoms with Crippen LogP contribution in [-0.2, 0) is 11.8 Å². The number of urea groups is 1. The fourth-order valence-corrected chi connectivity index (χ4v) is 8.70. The largest absolute Gasteiger partial charge is 0.486 e. The average molecular weight is 431 g/mol. The summed E-state index contributed by atoms with van der Waals surface area (Å²) in [5.41, 5.74) is 1.66. The molecule has 0 spiro atoms. The van der Waals surface area contributed by atoms with Crippen LogP contribution in [0.4, 0.5) is 16.2 Å². The SMILES string of the molecule is CCN1C(=O)N(c2ccccc2)P(=S)(N(CC)CC)c2cc3c(cc21)OCCO3. The number of hydrogen-bond acceptors (Lipinski definition) is 4. The van der Waals surface area contributed by atoms with Crippen LogP contribution in [0.3, 0.4) is 0 Å². The zero-order chi connectivity index (χ0) is 20.6. The van der Waals surface area contributed by atoms with Gasteiger partial charge in [-0.3, -0.25) is 9.57 Å². The highest BCUT2D eigenvalue weighted by molar-refractivity contribution is 8.18. The van der Waals surface area contributed by atoms with Crippen molar-refractivity contribution in [2.45, 2.75) is 20.8 Å². The van der Waals surface area contributed by atoms with E-state index in [0.29, 0.717) is 31.3 Å². The van der Waals surface area contributed by atoms with Gasteiger partial charge in [0.15, 0.2) is 11.5 Å². The average Bonchev–Trinajstić information content (AvgIpc) is 2.75. The van der Waals surface area contributed by atoms with Crippen LogP contribution < -0.4 is 24.3 Å². The monoisotopic (exact) mass is 431 g/mol. The number of anilines is 2.